The van der Waals surface area contributed by atoms with Gasteiger partial charge in [-0.05, 0) is 18.5 Å². The van der Waals surface area contributed by atoms with Crippen LogP contribution in [0.25, 0.3) is 11.4 Å². The molecule has 0 spiro atoms. The number of halogens is 2. The quantitative estimate of drug-likeness (QED) is 0.727. The van der Waals surface area contributed by atoms with Gasteiger partial charge in [-0.3, -0.25) is 0 Å². The summed E-state index contributed by atoms with van der Waals surface area (Å²) in [7, 11) is 0. The Kier molecular flexibility index (Phi) is 2.12. The summed E-state index contributed by atoms with van der Waals surface area (Å²) in [5, 5.41) is 9.87. The van der Waals surface area contributed by atoms with Crippen molar-refractivity contribution < 1.29 is 4.39 Å². The molecule has 2 aromatic rings. The Balaban J connectivity index is 2.62. The molecule has 72 valence electrons. The van der Waals surface area contributed by atoms with Crippen molar-refractivity contribution in [2.75, 3.05) is 0 Å². The van der Waals surface area contributed by atoms with Crippen LogP contribution in [0.15, 0.2) is 6.20 Å². The zero-order chi connectivity index (χ0) is 10.1. The summed E-state index contributed by atoms with van der Waals surface area (Å²) in [6, 6.07) is 0. The molecular weight excluding hydrogens is 209 g/mol. The van der Waals surface area contributed by atoms with E-state index in [1.165, 1.54) is 0 Å². The third-order valence-electron chi connectivity index (χ3n) is 1.66. The lowest BCUT2D eigenvalue weighted by atomic mass is 10.2. The molecule has 0 aromatic carbocycles. The van der Waals surface area contributed by atoms with E-state index >= 15 is 0 Å². The summed E-state index contributed by atoms with van der Waals surface area (Å²) >= 11 is 5.54. The van der Waals surface area contributed by atoms with E-state index in [2.05, 4.69) is 25.4 Å². The number of hydrogen-bond donors (Lipinski definition) is 1. The Morgan fingerprint density at radius 3 is 2.79 bits per heavy atom. The molecule has 0 atom stereocenters. The van der Waals surface area contributed by atoms with Crippen molar-refractivity contribution in [3.8, 4) is 11.4 Å². The molecule has 0 aliphatic heterocycles. The molecule has 0 saturated carbocycles. The second-order valence-electron chi connectivity index (χ2n) is 2.59. The van der Waals surface area contributed by atoms with Gasteiger partial charge in [-0.25, -0.2) is 14.4 Å². The van der Waals surface area contributed by atoms with E-state index in [-0.39, 0.29) is 11.0 Å². The van der Waals surface area contributed by atoms with Gasteiger partial charge in [0.1, 0.15) is 11.4 Å². The summed E-state index contributed by atoms with van der Waals surface area (Å²) in [4.78, 5) is 7.23. The molecule has 2 aromatic heterocycles. The van der Waals surface area contributed by atoms with Gasteiger partial charge in [-0.2, -0.15) is 15.4 Å². The molecule has 0 aliphatic carbocycles. The molecule has 14 heavy (non-hydrogen) atoms. The van der Waals surface area contributed by atoms with Gasteiger partial charge in [-0.15, -0.1) is 0 Å². The van der Waals surface area contributed by atoms with Gasteiger partial charge in [0.15, 0.2) is 5.82 Å². The van der Waals surface area contributed by atoms with Gasteiger partial charge in [0.05, 0.1) is 11.9 Å². The van der Waals surface area contributed by atoms with Gasteiger partial charge in [-0.1, -0.05) is 0 Å². The smallest absolute Gasteiger partial charge is 0.223 e. The SMILES string of the molecule is Cc1n[nH]nc1-c1nc(Cl)ncc1F. The molecule has 2 rings (SSSR count). The molecule has 0 unspecified atom stereocenters. The number of H-pyrrole nitrogens is 1. The highest BCUT2D eigenvalue weighted by Crippen LogP contribution is 2.20. The van der Waals surface area contributed by atoms with Crippen LogP contribution in [0, 0.1) is 12.7 Å². The second-order valence-corrected chi connectivity index (χ2v) is 2.93. The second kappa shape index (κ2) is 3.30. The molecule has 0 fully saturated rings. The minimum Gasteiger partial charge on any atom is -0.223 e. The zero-order valence-corrected chi connectivity index (χ0v) is 7.88. The van der Waals surface area contributed by atoms with E-state index in [4.69, 9.17) is 11.6 Å². The summed E-state index contributed by atoms with van der Waals surface area (Å²) < 4.78 is 13.2. The van der Waals surface area contributed by atoms with Crippen molar-refractivity contribution in [1.82, 2.24) is 25.4 Å². The van der Waals surface area contributed by atoms with Crippen LogP contribution in [0.4, 0.5) is 4.39 Å². The highest BCUT2D eigenvalue weighted by molar-refractivity contribution is 6.28. The van der Waals surface area contributed by atoms with E-state index in [1.54, 1.807) is 6.92 Å². The lowest BCUT2D eigenvalue weighted by Gasteiger charge is -1.98. The van der Waals surface area contributed by atoms with Crippen LogP contribution >= 0.6 is 11.6 Å². The number of rotatable bonds is 1. The molecule has 0 amide bonds. The van der Waals surface area contributed by atoms with Crippen molar-refractivity contribution >= 4 is 11.6 Å². The van der Waals surface area contributed by atoms with E-state index < -0.39 is 5.82 Å². The fraction of sp³-hybridized carbons (Fsp3) is 0.143. The van der Waals surface area contributed by atoms with Gasteiger partial charge in [0.2, 0.25) is 5.28 Å². The average Bonchev–Trinajstić information content (AvgIpc) is 2.56. The first-order valence-electron chi connectivity index (χ1n) is 3.74. The Morgan fingerprint density at radius 1 is 1.36 bits per heavy atom. The predicted octanol–water partition coefficient (Wildman–Crippen LogP) is 1.36. The molecule has 5 nitrogen and oxygen atoms in total. The van der Waals surface area contributed by atoms with Crippen LogP contribution in [0.1, 0.15) is 5.69 Å². The first-order chi connectivity index (χ1) is 6.68. The fourth-order valence-corrected chi connectivity index (χ4v) is 1.15. The number of nitrogens with one attached hydrogen (secondary N) is 1. The molecule has 0 bridgehead atoms. The highest BCUT2D eigenvalue weighted by Gasteiger charge is 2.14. The monoisotopic (exact) mass is 213 g/mol. The van der Waals surface area contributed by atoms with E-state index in [0.717, 1.165) is 6.20 Å². The van der Waals surface area contributed by atoms with Gasteiger partial charge < -0.3 is 0 Å². The molecule has 0 saturated heterocycles. The average molecular weight is 214 g/mol. The lowest BCUT2D eigenvalue weighted by Crippen LogP contribution is -1.94. The molecule has 2 heterocycles. The van der Waals surface area contributed by atoms with Crippen LogP contribution in [0.3, 0.4) is 0 Å². The highest BCUT2D eigenvalue weighted by atomic mass is 35.5. The zero-order valence-electron chi connectivity index (χ0n) is 7.12. The van der Waals surface area contributed by atoms with Crippen molar-refractivity contribution in [2.45, 2.75) is 6.92 Å². The maximum atomic E-state index is 13.2. The van der Waals surface area contributed by atoms with E-state index in [1.807, 2.05) is 0 Å². The van der Waals surface area contributed by atoms with Crippen LogP contribution in [0.5, 0.6) is 0 Å². The minimum atomic E-state index is -0.577. The maximum Gasteiger partial charge on any atom is 0.223 e. The maximum absolute atomic E-state index is 13.2. The van der Waals surface area contributed by atoms with E-state index in [0.29, 0.717) is 11.4 Å². The van der Waals surface area contributed by atoms with Crippen LogP contribution in [0.2, 0.25) is 5.28 Å². The number of aryl methyl sites for hydroxylation is 1. The van der Waals surface area contributed by atoms with Crippen LogP contribution < -0.4 is 0 Å². The first kappa shape index (κ1) is 9.01. The van der Waals surface area contributed by atoms with Crippen molar-refractivity contribution in [3.05, 3.63) is 23.0 Å². The molecule has 0 radical (unpaired) electrons. The van der Waals surface area contributed by atoms with Crippen LogP contribution in [-0.4, -0.2) is 25.4 Å². The summed E-state index contributed by atoms with van der Waals surface area (Å²) in [6.45, 7) is 1.69. The molecule has 1 N–H and O–H groups in total. The number of aromatic amines is 1. The minimum absolute atomic E-state index is 0.0243. The summed E-state index contributed by atoms with van der Waals surface area (Å²) in [6.07, 6.45) is 0.999. The standard InChI is InChI=1S/C7H5ClFN5/c1-3-5(13-14-12-3)6-4(9)2-10-7(8)11-6/h2H,1H3,(H,12,13,14). The van der Waals surface area contributed by atoms with Gasteiger partial charge >= 0.3 is 0 Å². The molecule has 0 aliphatic rings. The van der Waals surface area contributed by atoms with Crippen molar-refractivity contribution in [3.63, 3.8) is 0 Å². The fourth-order valence-electron chi connectivity index (χ4n) is 1.02. The Morgan fingerprint density at radius 2 is 2.14 bits per heavy atom. The lowest BCUT2D eigenvalue weighted by molar-refractivity contribution is 0.617. The van der Waals surface area contributed by atoms with Crippen molar-refractivity contribution in [2.24, 2.45) is 0 Å². The number of hydrogen-bond acceptors (Lipinski definition) is 4. The van der Waals surface area contributed by atoms with E-state index in [9.17, 15) is 4.39 Å². The largest absolute Gasteiger partial charge is 0.223 e. The van der Waals surface area contributed by atoms with Crippen molar-refractivity contribution in [1.29, 1.82) is 0 Å². The Bertz CT molecular complexity index is 469. The Labute approximate surface area is 83.3 Å². The summed E-state index contributed by atoms with van der Waals surface area (Å²) in [5.74, 6) is -0.577. The molecular formula is C7H5ClFN5. The van der Waals surface area contributed by atoms with Crippen LogP contribution in [-0.2, 0) is 0 Å². The normalized spacial score (nSPS) is 10.5. The Hall–Kier alpha value is -1.56. The van der Waals surface area contributed by atoms with Gasteiger partial charge in [0.25, 0.3) is 0 Å². The number of aromatic nitrogens is 5. The topological polar surface area (TPSA) is 67.3 Å². The third kappa shape index (κ3) is 1.44. The molecule has 7 heteroatoms. The summed E-state index contributed by atoms with van der Waals surface area (Å²) in [5.41, 5.74) is 0.946. The predicted molar refractivity (Wildman–Crippen MR) is 47.1 cm³/mol. The van der Waals surface area contributed by atoms with Gasteiger partial charge in [0, 0.05) is 0 Å². The third-order valence-corrected chi connectivity index (χ3v) is 1.84. The number of nitrogens with zero attached hydrogens (tertiary/aromatic N) is 4. The first-order valence-corrected chi connectivity index (χ1v) is 4.12.